The van der Waals surface area contributed by atoms with Crippen molar-refractivity contribution in [2.75, 3.05) is 7.05 Å². The van der Waals surface area contributed by atoms with Crippen LogP contribution in [0.1, 0.15) is 115 Å². The van der Waals surface area contributed by atoms with E-state index >= 15 is 0 Å². The van der Waals surface area contributed by atoms with Crippen LogP contribution in [0.25, 0.3) is 32.3 Å². The third-order valence-electron chi connectivity index (χ3n) is 9.23. The van der Waals surface area contributed by atoms with Gasteiger partial charge in [-0.1, -0.05) is 95.2 Å². The van der Waals surface area contributed by atoms with E-state index in [1.54, 1.807) is 22.7 Å². The molecule has 1 aliphatic heterocycles. The van der Waals surface area contributed by atoms with Crippen molar-refractivity contribution in [1.82, 2.24) is 10.6 Å². The Kier molecular flexibility index (Phi) is 9.59. The molecule has 3 heterocycles. The van der Waals surface area contributed by atoms with Gasteiger partial charge in [0.15, 0.2) is 6.29 Å². The Hall–Kier alpha value is -3.74. The van der Waals surface area contributed by atoms with Crippen molar-refractivity contribution in [3.05, 3.63) is 104 Å². The van der Waals surface area contributed by atoms with Crippen LogP contribution in [0.3, 0.4) is 0 Å². The molecule has 6 heteroatoms. The molecule has 5 rings (SSSR count). The molecule has 0 unspecified atom stereocenters. The Labute approximate surface area is 301 Å². The zero-order valence-corrected chi connectivity index (χ0v) is 33.1. The maximum Gasteiger partial charge on any atom is 0.258 e. The summed E-state index contributed by atoms with van der Waals surface area (Å²) in [6, 6.07) is 22.0. The average molecular weight is 693 g/mol. The SMILES string of the molecule is CN/C(=C1/C(=O)NC(c2ccc(-c3cc(C(C)(C)C)cc(C(C)(C)C)c3)s2)=C1C=O)c1ccc(-c2cc(C(C)(C)C)cc(C(C)(C)C)c2)s1. The van der Waals surface area contributed by atoms with E-state index < -0.39 is 0 Å². The number of hydrogen-bond donors (Lipinski definition) is 2. The molecule has 4 aromatic rings. The fourth-order valence-electron chi connectivity index (χ4n) is 5.95. The molecule has 0 fully saturated rings. The van der Waals surface area contributed by atoms with Crippen molar-refractivity contribution in [1.29, 1.82) is 0 Å². The summed E-state index contributed by atoms with van der Waals surface area (Å²) in [5.74, 6) is -0.277. The summed E-state index contributed by atoms with van der Waals surface area (Å²) in [7, 11) is 1.81. The van der Waals surface area contributed by atoms with Crippen molar-refractivity contribution in [2.24, 2.45) is 0 Å². The fraction of sp³-hybridized carbons (Fsp3) is 0.395. The Morgan fingerprint density at radius 3 is 1.43 bits per heavy atom. The van der Waals surface area contributed by atoms with Gasteiger partial charge in [-0.25, -0.2) is 0 Å². The first-order chi connectivity index (χ1) is 22.6. The van der Waals surface area contributed by atoms with Gasteiger partial charge < -0.3 is 10.6 Å². The number of carbonyl (C=O) groups excluding carboxylic acids is 2. The Bertz CT molecular complexity index is 1930. The van der Waals surface area contributed by atoms with Crippen molar-refractivity contribution in [3.63, 3.8) is 0 Å². The molecule has 2 aromatic heterocycles. The molecule has 258 valence electrons. The minimum Gasteiger partial charge on any atom is -0.386 e. The van der Waals surface area contributed by atoms with Gasteiger partial charge in [0.2, 0.25) is 0 Å². The van der Waals surface area contributed by atoms with Gasteiger partial charge in [-0.05, 0) is 104 Å². The molecule has 0 aliphatic carbocycles. The molecule has 0 spiro atoms. The van der Waals surface area contributed by atoms with Crippen LogP contribution < -0.4 is 10.6 Å². The smallest absolute Gasteiger partial charge is 0.258 e. The van der Waals surface area contributed by atoms with Crippen molar-refractivity contribution in [2.45, 2.75) is 105 Å². The molecular formula is C43H52N2O2S2. The topological polar surface area (TPSA) is 58.2 Å². The second-order valence-corrected chi connectivity index (χ2v) is 19.5. The largest absolute Gasteiger partial charge is 0.386 e. The molecule has 2 N–H and O–H groups in total. The van der Waals surface area contributed by atoms with Crippen LogP contribution in [0.4, 0.5) is 0 Å². The van der Waals surface area contributed by atoms with E-state index in [1.807, 2.05) is 19.2 Å². The lowest BCUT2D eigenvalue weighted by molar-refractivity contribution is -0.116. The Morgan fingerprint density at radius 1 is 0.612 bits per heavy atom. The minimum atomic E-state index is -0.277. The van der Waals surface area contributed by atoms with Crippen molar-refractivity contribution in [3.8, 4) is 20.9 Å². The molecule has 0 saturated heterocycles. The first kappa shape index (κ1) is 36.5. The number of nitrogens with one attached hydrogen (secondary N) is 2. The molecule has 4 nitrogen and oxygen atoms in total. The molecule has 1 amide bonds. The fourth-order valence-corrected chi connectivity index (χ4v) is 8.01. The van der Waals surface area contributed by atoms with Crippen molar-refractivity contribution < 1.29 is 9.59 Å². The summed E-state index contributed by atoms with van der Waals surface area (Å²) >= 11 is 3.22. The molecular weight excluding hydrogens is 641 g/mol. The summed E-state index contributed by atoms with van der Waals surface area (Å²) in [4.78, 5) is 30.4. The zero-order valence-electron chi connectivity index (χ0n) is 31.5. The predicted octanol–water partition coefficient (Wildman–Crippen LogP) is 11.0. The number of rotatable bonds is 6. The highest BCUT2D eigenvalue weighted by molar-refractivity contribution is 7.17. The van der Waals surface area contributed by atoms with Crippen molar-refractivity contribution >= 4 is 46.3 Å². The summed E-state index contributed by atoms with van der Waals surface area (Å²) < 4.78 is 0. The maximum atomic E-state index is 13.7. The molecule has 49 heavy (non-hydrogen) atoms. The van der Waals surface area contributed by atoms with Crippen LogP contribution in [-0.2, 0) is 31.2 Å². The van der Waals surface area contributed by atoms with Crippen LogP contribution in [0.15, 0.2) is 71.8 Å². The first-order valence-electron chi connectivity index (χ1n) is 17.1. The summed E-state index contributed by atoms with van der Waals surface area (Å²) in [6.45, 7) is 26.9. The Morgan fingerprint density at radius 2 is 1.02 bits per heavy atom. The molecule has 0 atom stereocenters. The number of amides is 1. The van der Waals surface area contributed by atoms with Crippen LogP contribution in [0.2, 0.25) is 0 Å². The van der Waals surface area contributed by atoms with E-state index in [0.717, 1.165) is 36.9 Å². The normalized spacial score (nSPS) is 15.5. The molecule has 0 saturated carbocycles. The van der Waals surface area contributed by atoms with E-state index in [2.05, 4.69) is 142 Å². The summed E-state index contributed by atoms with van der Waals surface area (Å²) in [6.07, 6.45) is 0.814. The van der Waals surface area contributed by atoms with Crippen LogP contribution in [0.5, 0.6) is 0 Å². The third-order valence-corrected chi connectivity index (χ3v) is 11.5. The van der Waals surface area contributed by atoms with Gasteiger partial charge in [0.1, 0.15) is 0 Å². The minimum absolute atomic E-state index is 0.00206. The average Bonchev–Trinajstić information content (AvgIpc) is 3.75. The Balaban J connectivity index is 1.58. The number of thiophene rings is 2. The number of aldehydes is 1. The van der Waals surface area contributed by atoms with Gasteiger partial charge in [-0.2, -0.15) is 0 Å². The summed E-state index contributed by atoms with van der Waals surface area (Å²) in [5.41, 5.74) is 9.42. The second-order valence-electron chi connectivity index (χ2n) is 17.3. The van der Waals surface area contributed by atoms with Gasteiger partial charge in [0, 0.05) is 16.8 Å². The van der Waals surface area contributed by atoms with Gasteiger partial charge in [0.25, 0.3) is 5.91 Å². The predicted molar refractivity (Wildman–Crippen MR) is 211 cm³/mol. The highest BCUT2D eigenvalue weighted by atomic mass is 32.1. The lowest BCUT2D eigenvalue weighted by Gasteiger charge is -2.26. The lowest BCUT2D eigenvalue weighted by Crippen LogP contribution is -2.19. The van der Waals surface area contributed by atoms with Gasteiger partial charge in [-0.15, -0.1) is 22.7 Å². The molecule has 1 aliphatic rings. The van der Waals surface area contributed by atoms with E-state index in [9.17, 15) is 9.59 Å². The van der Waals surface area contributed by atoms with Gasteiger partial charge >= 0.3 is 0 Å². The highest BCUT2D eigenvalue weighted by Gasteiger charge is 2.33. The van der Waals surface area contributed by atoms with E-state index in [4.69, 9.17) is 0 Å². The van der Waals surface area contributed by atoms with E-state index in [0.29, 0.717) is 22.5 Å². The quantitative estimate of drug-likeness (QED) is 0.156. The second kappa shape index (κ2) is 12.9. The summed E-state index contributed by atoms with van der Waals surface area (Å²) in [5, 5.41) is 6.33. The molecule has 0 bridgehead atoms. The van der Waals surface area contributed by atoms with Crippen LogP contribution >= 0.6 is 22.7 Å². The zero-order chi connectivity index (χ0) is 36.3. The number of benzene rings is 2. The van der Waals surface area contributed by atoms with Crippen LogP contribution in [0, 0.1) is 0 Å². The lowest BCUT2D eigenvalue weighted by atomic mass is 9.79. The standard InChI is InChI=1S/C43H52N2O2S2/c1-40(2,3)27-18-25(19-28(22-27)41(4,5)6)32-14-16-34(48-32)37-31(24-46)36(39(47)45-37)38(44-13)35-17-15-33(49-35)26-20-29(42(7,8)9)23-30(21-26)43(10,11)12/h14-24,44H,1-13H3,(H,45,47)/b38-36+. The van der Waals surface area contributed by atoms with Crippen LogP contribution in [-0.4, -0.2) is 19.2 Å². The van der Waals surface area contributed by atoms with E-state index in [-0.39, 0.29) is 27.6 Å². The molecule has 2 aromatic carbocycles. The van der Waals surface area contributed by atoms with Gasteiger partial charge in [0.05, 0.1) is 32.3 Å². The number of carbonyl (C=O) groups is 2. The molecule has 0 radical (unpaired) electrons. The van der Waals surface area contributed by atoms with E-state index in [1.165, 1.54) is 22.3 Å². The highest BCUT2D eigenvalue weighted by Crippen LogP contribution is 2.42. The maximum absolute atomic E-state index is 13.7. The third kappa shape index (κ3) is 7.56. The number of hydrogen-bond acceptors (Lipinski definition) is 5. The monoisotopic (exact) mass is 692 g/mol. The first-order valence-corrected chi connectivity index (χ1v) is 18.7. The van der Waals surface area contributed by atoms with Gasteiger partial charge in [-0.3, -0.25) is 9.59 Å².